The second-order valence-electron chi connectivity index (χ2n) is 5.81. The van der Waals surface area contributed by atoms with E-state index in [0.29, 0.717) is 23.3 Å². The van der Waals surface area contributed by atoms with Crippen LogP contribution < -0.4 is 15.4 Å². The first kappa shape index (κ1) is 19.0. The van der Waals surface area contributed by atoms with Crippen LogP contribution in [0.4, 0.5) is 20.2 Å². The predicted octanol–water partition coefficient (Wildman–Crippen LogP) is 4.72. The second kappa shape index (κ2) is 8.77. The Morgan fingerprint density at radius 3 is 2.14 bits per heavy atom. The van der Waals surface area contributed by atoms with E-state index in [1.54, 1.807) is 36.4 Å². The van der Waals surface area contributed by atoms with E-state index in [1.165, 1.54) is 0 Å². The molecule has 0 fully saturated rings. The summed E-state index contributed by atoms with van der Waals surface area (Å²) in [6, 6.07) is 18.5. The van der Waals surface area contributed by atoms with Crippen LogP contribution in [0.3, 0.4) is 0 Å². The Morgan fingerprint density at radius 2 is 1.43 bits per heavy atom. The summed E-state index contributed by atoms with van der Waals surface area (Å²) in [5.74, 6) is -2.02. The van der Waals surface area contributed by atoms with Gasteiger partial charge in [-0.2, -0.15) is 0 Å². The van der Waals surface area contributed by atoms with Crippen LogP contribution in [0.5, 0.6) is 11.5 Å². The molecule has 3 rings (SSSR count). The topological polar surface area (TPSA) is 67.4 Å². The number of ether oxygens (including phenoxy) is 1. The van der Waals surface area contributed by atoms with Crippen LogP contribution in [-0.2, 0) is 9.59 Å². The van der Waals surface area contributed by atoms with Crippen molar-refractivity contribution in [3.8, 4) is 11.5 Å². The lowest BCUT2D eigenvalue weighted by Crippen LogP contribution is -2.22. The van der Waals surface area contributed by atoms with E-state index in [-0.39, 0.29) is 5.69 Å². The number of halogens is 2. The molecule has 0 radical (unpaired) electrons. The van der Waals surface area contributed by atoms with Gasteiger partial charge in [-0.15, -0.1) is 0 Å². The highest BCUT2D eigenvalue weighted by atomic mass is 19.1. The van der Waals surface area contributed by atoms with Gasteiger partial charge in [0.05, 0.1) is 11.4 Å². The zero-order valence-corrected chi connectivity index (χ0v) is 14.6. The first-order valence-corrected chi connectivity index (χ1v) is 8.38. The molecule has 0 aromatic heterocycles. The standard InChI is InChI=1S/C21H16F2N2O3/c22-14-10-11-17(16(23)12-14)24-20(26)13-21(27)25-18-8-4-5-9-19(18)28-15-6-2-1-3-7-15/h1-12H,13H2,(H,24,26)(H,25,27). The molecule has 0 heterocycles. The number of carbonyl (C=O) groups excluding carboxylic acids is 2. The Kier molecular flexibility index (Phi) is 5.96. The van der Waals surface area contributed by atoms with E-state index in [4.69, 9.17) is 4.74 Å². The first-order chi connectivity index (χ1) is 13.5. The molecule has 2 N–H and O–H groups in total. The molecule has 0 saturated heterocycles. The van der Waals surface area contributed by atoms with E-state index in [2.05, 4.69) is 10.6 Å². The minimum Gasteiger partial charge on any atom is -0.455 e. The molecule has 28 heavy (non-hydrogen) atoms. The highest BCUT2D eigenvalue weighted by Gasteiger charge is 2.14. The number of carbonyl (C=O) groups is 2. The van der Waals surface area contributed by atoms with Crippen molar-refractivity contribution in [1.82, 2.24) is 0 Å². The molecule has 3 aromatic rings. The second-order valence-corrected chi connectivity index (χ2v) is 5.81. The molecule has 0 unspecified atom stereocenters. The van der Waals surface area contributed by atoms with Gasteiger partial charge in [0.25, 0.3) is 0 Å². The van der Waals surface area contributed by atoms with Gasteiger partial charge in [-0.25, -0.2) is 8.78 Å². The minimum absolute atomic E-state index is 0.202. The van der Waals surface area contributed by atoms with Crippen molar-refractivity contribution in [3.63, 3.8) is 0 Å². The summed E-state index contributed by atoms with van der Waals surface area (Å²) in [7, 11) is 0. The number of benzene rings is 3. The van der Waals surface area contributed by atoms with E-state index >= 15 is 0 Å². The summed E-state index contributed by atoms with van der Waals surface area (Å²) in [5.41, 5.74) is 0.184. The van der Waals surface area contributed by atoms with Crippen molar-refractivity contribution in [2.45, 2.75) is 6.42 Å². The van der Waals surface area contributed by atoms with Gasteiger partial charge >= 0.3 is 0 Å². The smallest absolute Gasteiger partial charge is 0.233 e. The molecular formula is C21H16F2N2O3. The van der Waals surface area contributed by atoms with Gasteiger partial charge < -0.3 is 15.4 Å². The van der Waals surface area contributed by atoms with E-state index in [9.17, 15) is 18.4 Å². The molecule has 0 aliphatic heterocycles. The van der Waals surface area contributed by atoms with E-state index in [1.807, 2.05) is 18.2 Å². The fourth-order valence-electron chi connectivity index (χ4n) is 2.40. The monoisotopic (exact) mass is 382 g/mol. The van der Waals surface area contributed by atoms with Crippen molar-refractivity contribution in [3.05, 3.63) is 84.4 Å². The highest BCUT2D eigenvalue weighted by molar-refractivity contribution is 6.08. The Bertz CT molecular complexity index is 994. The summed E-state index contributed by atoms with van der Waals surface area (Å²) < 4.78 is 32.2. The minimum atomic E-state index is -0.921. The first-order valence-electron chi connectivity index (χ1n) is 8.38. The zero-order chi connectivity index (χ0) is 19.9. The average Bonchev–Trinajstić information content (AvgIpc) is 2.66. The lowest BCUT2D eigenvalue weighted by Gasteiger charge is -2.12. The third-order valence-corrected chi connectivity index (χ3v) is 3.66. The Morgan fingerprint density at radius 1 is 0.786 bits per heavy atom. The predicted molar refractivity (Wildman–Crippen MR) is 101 cm³/mol. The molecule has 142 valence electrons. The lowest BCUT2D eigenvalue weighted by molar-refractivity contribution is -0.123. The average molecular weight is 382 g/mol. The fourth-order valence-corrected chi connectivity index (χ4v) is 2.40. The molecule has 0 aliphatic rings. The Balaban J connectivity index is 1.62. The molecule has 0 spiro atoms. The molecule has 0 saturated carbocycles. The maximum atomic E-state index is 13.6. The molecule has 2 amide bonds. The number of hydrogen-bond donors (Lipinski definition) is 2. The van der Waals surface area contributed by atoms with Crippen molar-refractivity contribution < 1.29 is 23.1 Å². The summed E-state index contributed by atoms with van der Waals surface area (Å²) >= 11 is 0. The lowest BCUT2D eigenvalue weighted by atomic mass is 10.2. The summed E-state index contributed by atoms with van der Waals surface area (Å²) in [5, 5.41) is 4.83. The van der Waals surface area contributed by atoms with Gasteiger partial charge in [0.1, 0.15) is 23.8 Å². The highest BCUT2D eigenvalue weighted by Crippen LogP contribution is 2.29. The number of rotatable bonds is 6. The SMILES string of the molecule is O=C(CC(=O)Nc1ccccc1Oc1ccccc1)Nc1ccc(F)cc1F. The maximum absolute atomic E-state index is 13.6. The molecule has 0 bridgehead atoms. The van der Waals surface area contributed by atoms with Gasteiger partial charge in [0.15, 0.2) is 5.75 Å². The third kappa shape index (κ3) is 5.14. The van der Waals surface area contributed by atoms with Crippen LogP contribution in [0.25, 0.3) is 0 Å². The Hall–Kier alpha value is -3.74. The Labute approximate surface area is 160 Å². The van der Waals surface area contributed by atoms with Crippen LogP contribution >= 0.6 is 0 Å². The van der Waals surface area contributed by atoms with Gasteiger partial charge in [-0.1, -0.05) is 30.3 Å². The van der Waals surface area contributed by atoms with Crippen LogP contribution in [0.1, 0.15) is 6.42 Å². The van der Waals surface area contributed by atoms with Gasteiger partial charge in [-0.3, -0.25) is 9.59 Å². The quantitative estimate of drug-likeness (QED) is 0.606. The van der Waals surface area contributed by atoms with Gasteiger partial charge in [-0.05, 0) is 36.4 Å². The fraction of sp³-hybridized carbons (Fsp3) is 0.0476. The number of nitrogens with one attached hydrogen (secondary N) is 2. The zero-order valence-electron chi connectivity index (χ0n) is 14.6. The largest absolute Gasteiger partial charge is 0.455 e. The van der Waals surface area contributed by atoms with Crippen molar-refractivity contribution in [2.75, 3.05) is 10.6 Å². The molecule has 3 aromatic carbocycles. The van der Waals surface area contributed by atoms with Crippen LogP contribution in [0.2, 0.25) is 0 Å². The van der Waals surface area contributed by atoms with Crippen LogP contribution in [0.15, 0.2) is 72.8 Å². The molecular weight excluding hydrogens is 366 g/mol. The number of hydrogen-bond acceptors (Lipinski definition) is 3. The van der Waals surface area contributed by atoms with Crippen molar-refractivity contribution in [2.24, 2.45) is 0 Å². The molecule has 0 atom stereocenters. The third-order valence-electron chi connectivity index (χ3n) is 3.66. The summed E-state index contributed by atoms with van der Waals surface area (Å²) in [4.78, 5) is 24.1. The van der Waals surface area contributed by atoms with Crippen LogP contribution in [-0.4, -0.2) is 11.8 Å². The van der Waals surface area contributed by atoms with Gasteiger partial charge in [0.2, 0.25) is 11.8 Å². The maximum Gasteiger partial charge on any atom is 0.233 e. The van der Waals surface area contributed by atoms with E-state index in [0.717, 1.165) is 12.1 Å². The molecule has 0 aliphatic carbocycles. The molecule has 7 heteroatoms. The molecule has 5 nitrogen and oxygen atoms in total. The van der Waals surface area contributed by atoms with Gasteiger partial charge in [0, 0.05) is 6.07 Å². The number of amides is 2. The summed E-state index contributed by atoms with van der Waals surface area (Å²) in [6.45, 7) is 0. The summed E-state index contributed by atoms with van der Waals surface area (Å²) in [6.07, 6.45) is -0.545. The normalized spacial score (nSPS) is 10.2. The number of anilines is 2. The van der Waals surface area contributed by atoms with Crippen molar-refractivity contribution in [1.29, 1.82) is 0 Å². The van der Waals surface area contributed by atoms with E-state index < -0.39 is 29.9 Å². The van der Waals surface area contributed by atoms with Crippen LogP contribution in [0, 0.1) is 11.6 Å². The van der Waals surface area contributed by atoms with Crippen molar-refractivity contribution >= 4 is 23.2 Å². The number of para-hydroxylation sites is 3.